The van der Waals surface area contributed by atoms with Crippen molar-refractivity contribution in [3.8, 4) is 11.5 Å². The molecule has 0 saturated carbocycles. The number of benzene rings is 3. The molecule has 3 aliphatic heterocycles. The monoisotopic (exact) mass is 515 g/mol. The molecule has 0 aromatic heterocycles. The van der Waals surface area contributed by atoms with E-state index in [4.69, 9.17) is 9.47 Å². The van der Waals surface area contributed by atoms with E-state index >= 15 is 0 Å². The zero-order chi connectivity index (χ0) is 26.1. The van der Waals surface area contributed by atoms with Gasteiger partial charge in [-0.3, -0.25) is 14.5 Å². The van der Waals surface area contributed by atoms with Gasteiger partial charge in [-0.1, -0.05) is 23.8 Å². The molecule has 0 bridgehead atoms. The number of rotatable bonds is 5. The van der Waals surface area contributed by atoms with E-state index in [1.807, 2.05) is 23.1 Å². The average Bonchev–Trinajstić information content (AvgIpc) is 3.57. The normalized spacial score (nSPS) is 19.1. The van der Waals surface area contributed by atoms with E-state index in [0.29, 0.717) is 43.0 Å². The number of likely N-dealkylation sites (tertiary alicyclic amines) is 2. The summed E-state index contributed by atoms with van der Waals surface area (Å²) in [4.78, 5) is 29.8. The van der Waals surface area contributed by atoms with Gasteiger partial charge in [-0.25, -0.2) is 4.39 Å². The Bertz CT molecular complexity index is 1410. The van der Waals surface area contributed by atoms with E-state index in [2.05, 4.69) is 16.3 Å². The Morgan fingerprint density at radius 2 is 1.74 bits per heavy atom. The van der Waals surface area contributed by atoms with Crippen LogP contribution in [0.4, 0.5) is 4.39 Å². The molecule has 3 aromatic rings. The first-order chi connectivity index (χ1) is 18.5. The molecule has 2 fully saturated rings. The van der Waals surface area contributed by atoms with Crippen LogP contribution in [0.15, 0.2) is 66.2 Å². The smallest absolute Gasteiger partial charge is 0.254 e. The van der Waals surface area contributed by atoms with Crippen molar-refractivity contribution in [1.82, 2.24) is 15.1 Å². The largest absolute Gasteiger partial charge is 0.454 e. The molecule has 3 aromatic carbocycles. The molecule has 7 nitrogen and oxygen atoms in total. The predicted molar refractivity (Wildman–Crippen MR) is 142 cm³/mol. The van der Waals surface area contributed by atoms with Crippen LogP contribution in [-0.2, 0) is 11.3 Å². The number of amides is 2. The van der Waals surface area contributed by atoms with Crippen molar-refractivity contribution < 1.29 is 23.5 Å². The molecule has 196 valence electrons. The third-order valence-electron chi connectivity index (χ3n) is 7.54. The van der Waals surface area contributed by atoms with Crippen LogP contribution >= 0.6 is 0 Å². The second-order valence-electron chi connectivity index (χ2n) is 10.2. The van der Waals surface area contributed by atoms with Crippen LogP contribution in [0.3, 0.4) is 0 Å². The number of hydrogen-bond acceptors (Lipinski definition) is 5. The number of ether oxygens (including phenoxy) is 2. The Kier molecular flexibility index (Phi) is 6.72. The van der Waals surface area contributed by atoms with E-state index in [-0.39, 0.29) is 30.5 Å². The van der Waals surface area contributed by atoms with Gasteiger partial charge in [-0.2, -0.15) is 0 Å². The number of piperidine rings is 1. The van der Waals surface area contributed by atoms with Gasteiger partial charge in [0, 0.05) is 50.4 Å². The maximum Gasteiger partial charge on any atom is 0.254 e. The summed E-state index contributed by atoms with van der Waals surface area (Å²) in [5.74, 6) is 0.947. The second kappa shape index (κ2) is 10.5. The molecule has 8 heteroatoms. The van der Waals surface area contributed by atoms with Gasteiger partial charge in [0.15, 0.2) is 11.5 Å². The number of carbonyl (C=O) groups excluding carboxylic acids is 2. The summed E-state index contributed by atoms with van der Waals surface area (Å²) in [6, 6.07) is 16.3. The molecule has 0 unspecified atom stereocenters. The summed E-state index contributed by atoms with van der Waals surface area (Å²) in [5.41, 5.74) is 2.84. The Morgan fingerprint density at radius 3 is 2.61 bits per heavy atom. The summed E-state index contributed by atoms with van der Waals surface area (Å²) < 4.78 is 24.1. The third kappa shape index (κ3) is 5.36. The first-order valence-corrected chi connectivity index (χ1v) is 13.1. The van der Waals surface area contributed by atoms with E-state index in [9.17, 15) is 14.0 Å². The summed E-state index contributed by atoms with van der Waals surface area (Å²) in [6.45, 7) is 3.87. The van der Waals surface area contributed by atoms with Crippen LogP contribution in [0, 0.1) is 5.82 Å². The topological polar surface area (TPSA) is 71.1 Å². The van der Waals surface area contributed by atoms with Crippen molar-refractivity contribution in [2.24, 2.45) is 0 Å². The highest BCUT2D eigenvalue weighted by molar-refractivity contribution is 5.95. The molecule has 0 spiro atoms. The maximum atomic E-state index is 13.4. The Hall–Kier alpha value is -3.91. The molecular formula is C30H30FN3O4. The van der Waals surface area contributed by atoms with Crippen molar-refractivity contribution in [2.75, 3.05) is 33.0 Å². The zero-order valence-corrected chi connectivity index (χ0v) is 21.1. The van der Waals surface area contributed by atoms with E-state index in [0.717, 1.165) is 42.4 Å². The highest BCUT2D eigenvalue weighted by Gasteiger charge is 2.25. The fourth-order valence-electron chi connectivity index (χ4n) is 5.50. The number of carbonyl (C=O) groups is 2. The van der Waals surface area contributed by atoms with Crippen LogP contribution in [0.5, 0.6) is 11.5 Å². The fraction of sp³-hybridized carbons (Fsp3) is 0.333. The molecule has 3 heterocycles. The lowest BCUT2D eigenvalue weighted by Crippen LogP contribution is -2.38. The van der Waals surface area contributed by atoms with Gasteiger partial charge in [0.1, 0.15) is 5.82 Å². The van der Waals surface area contributed by atoms with Crippen LogP contribution in [0.1, 0.15) is 35.2 Å². The van der Waals surface area contributed by atoms with E-state index < -0.39 is 0 Å². The average molecular weight is 516 g/mol. The molecule has 2 amide bonds. The van der Waals surface area contributed by atoms with Gasteiger partial charge in [0.25, 0.3) is 5.91 Å². The minimum absolute atomic E-state index is 0.0311. The number of hydrogen-bond donors (Lipinski definition) is 1. The van der Waals surface area contributed by atoms with E-state index in [1.54, 1.807) is 30.3 Å². The number of nitrogens with zero attached hydrogens (tertiary/aromatic N) is 2. The first kappa shape index (κ1) is 24.4. The van der Waals surface area contributed by atoms with Crippen LogP contribution in [0.2, 0.25) is 0 Å². The Balaban J connectivity index is 0.975. The van der Waals surface area contributed by atoms with Gasteiger partial charge >= 0.3 is 0 Å². The maximum absolute atomic E-state index is 13.4. The van der Waals surface area contributed by atoms with E-state index in [1.165, 1.54) is 11.6 Å². The van der Waals surface area contributed by atoms with Crippen LogP contribution < -0.4 is 14.8 Å². The van der Waals surface area contributed by atoms with Gasteiger partial charge in [-0.05, 0) is 72.0 Å². The van der Waals surface area contributed by atoms with Crippen molar-refractivity contribution in [3.63, 3.8) is 0 Å². The third-order valence-corrected chi connectivity index (χ3v) is 7.54. The standard InChI is InChI=1S/C30H30FN3O4/c31-25-5-3-22-13-21(1-2-23(22)15-25)17-33-10-9-26(18-33)32-29(35)14-20-7-11-34(12-8-20)30(36)24-4-6-27-28(16-24)38-19-37-27/h1-6,13-16,26H,7-12,17-19H2,(H,32,35)/t26-/m1/s1. The summed E-state index contributed by atoms with van der Waals surface area (Å²) in [5, 5.41) is 5.09. The van der Waals surface area contributed by atoms with Gasteiger partial charge in [0.2, 0.25) is 12.7 Å². The molecule has 3 aliphatic rings. The predicted octanol–water partition coefficient (Wildman–Crippen LogP) is 4.26. The highest BCUT2D eigenvalue weighted by Crippen LogP contribution is 2.33. The Morgan fingerprint density at radius 1 is 0.947 bits per heavy atom. The van der Waals surface area contributed by atoms with Crippen molar-refractivity contribution >= 4 is 22.6 Å². The fourth-order valence-corrected chi connectivity index (χ4v) is 5.50. The second-order valence-corrected chi connectivity index (χ2v) is 10.2. The van der Waals surface area contributed by atoms with Gasteiger partial charge < -0.3 is 19.7 Å². The lowest BCUT2D eigenvalue weighted by atomic mass is 10.0. The van der Waals surface area contributed by atoms with Crippen LogP contribution in [-0.4, -0.2) is 60.6 Å². The molecule has 6 rings (SSSR count). The number of nitrogens with one attached hydrogen (secondary N) is 1. The lowest BCUT2D eigenvalue weighted by Gasteiger charge is -2.28. The molecular weight excluding hydrogens is 485 g/mol. The molecule has 2 saturated heterocycles. The summed E-state index contributed by atoms with van der Waals surface area (Å²) >= 11 is 0. The molecule has 38 heavy (non-hydrogen) atoms. The van der Waals surface area contributed by atoms with Gasteiger partial charge in [0.05, 0.1) is 0 Å². The highest BCUT2D eigenvalue weighted by atomic mass is 19.1. The lowest BCUT2D eigenvalue weighted by molar-refractivity contribution is -0.117. The minimum atomic E-state index is -0.223. The Labute approximate surface area is 220 Å². The molecule has 1 atom stereocenters. The van der Waals surface area contributed by atoms with Crippen molar-refractivity contribution in [1.29, 1.82) is 0 Å². The summed E-state index contributed by atoms with van der Waals surface area (Å²) in [6.07, 6.45) is 4.00. The summed E-state index contributed by atoms with van der Waals surface area (Å²) in [7, 11) is 0. The minimum Gasteiger partial charge on any atom is -0.454 e. The number of halogens is 1. The van der Waals surface area contributed by atoms with Crippen molar-refractivity contribution in [3.05, 3.63) is 83.2 Å². The molecule has 1 N–H and O–H groups in total. The zero-order valence-electron chi connectivity index (χ0n) is 21.1. The SMILES string of the molecule is O=C(C=C1CCN(C(=O)c2ccc3c(c2)OCO3)CC1)N[C@@H]1CCN(Cc2ccc3cc(F)ccc3c2)C1. The molecule has 0 radical (unpaired) electrons. The van der Waals surface area contributed by atoms with Crippen molar-refractivity contribution in [2.45, 2.75) is 31.8 Å². The molecule has 0 aliphatic carbocycles. The van der Waals surface area contributed by atoms with Gasteiger partial charge in [-0.15, -0.1) is 0 Å². The number of fused-ring (bicyclic) bond motifs is 2. The first-order valence-electron chi connectivity index (χ1n) is 13.1. The quantitative estimate of drug-likeness (QED) is 0.515. The van der Waals surface area contributed by atoms with Crippen LogP contribution in [0.25, 0.3) is 10.8 Å².